The number of esters is 1. The van der Waals surface area contributed by atoms with Gasteiger partial charge in [0.05, 0.1) is 26.1 Å². The molecule has 4 atom stereocenters. The summed E-state index contributed by atoms with van der Waals surface area (Å²) in [6, 6.07) is 15.2. The van der Waals surface area contributed by atoms with Crippen molar-refractivity contribution >= 4 is 17.8 Å². The molecular formula is C27H32N2O5. The van der Waals surface area contributed by atoms with Crippen LogP contribution in [0, 0.1) is 17.8 Å². The number of nitrogens with zero attached hydrogens (tertiary/aromatic N) is 1. The molecular weight excluding hydrogens is 432 g/mol. The van der Waals surface area contributed by atoms with Crippen LogP contribution in [0.2, 0.25) is 0 Å². The number of carbonyl (C=O) groups excluding carboxylic acids is 3. The molecule has 2 aliphatic heterocycles. The Kier molecular flexibility index (Phi) is 6.49. The maximum Gasteiger partial charge on any atom is 0.326 e. The Bertz CT molecular complexity index is 1080. The Morgan fingerprint density at radius 1 is 1.00 bits per heavy atom. The largest absolute Gasteiger partial charge is 0.497 e. The average molecular weight is 465 g/mol. The number of hydrogen-bond acceptors (Lipinski definition) is 6. The van der Waals surface area contributed by atoms with Crippen LogP contribution in [0.1, 0.15) is 38.8 Å². The molecule has 7 heteroatoms. The number of carbonyl (C=O) groups is 3. The van der Waals surface area contributed by atoms with E-state index in [1.54, 1.807) is 14.0 Å². The molecule has 3 unspecified atom stereocenters. The van der Waals surface area contributed by atoms with Crippen molar-refractivity contribution in [3.63, 3.8) is 0 Å². The number of benzene rings is 2. The third kappa shape index (κ3) is 3.78. The molecule has 1 N–H and O–H groups in total. The van der Waals surface area contributed by atoms with Gasteiger partial charge in [0, 0.05) is 12.6 Å². The number of rotatable bonds is 7. The van der Waals surface area contributed by atoms with Gasteiger partial charge in [-0.25, -0.2) is 0 Å². The highest BCUT2D eigenvalue weighted by atomic mass is 16.5. The summed E-state index contributed by atoms with van der Waals surface area (Å²) in [6.07, 6.45) is 0.401. The van der Waals surface area contributed by atoms with E-state index in [1.165, 1.54) is 12.0 Å². The predicted molar refractivity (Wildman–Crippen MR) is 128 cm³/mol. The first-order valence-corrected chi connectivity index (χ1v) is 11.7. The summed E-state index contributed by atoms with van der Waals surface area (Å²) in [4.78, 5) is 41.1. The zero-order valence-electron chi connectivity index (χ0n) is 20.3. The average Bonchev–Trinajstić information content (AvgIpc) is 3.31. The molecule has 7 nitrogen and oxygen atoms in total. The number of imide groups is 1. The van der Waals surface area contributed by atoms with Gasteiger partial charge in [-0.15, -0.1) is 0 Å². The Labute approximate surface area is 200 Å². The molecule has 0 aromatic heterocycles. The number of ether oxygens (including phenoxy) is 2. The number of methoxy groups -OCH3 is 2. The molecule has 180 valence electrons. The molecule has 2 fully saturated rings. The number of hydrogen-bond donors (Lipinski definition) is 1. The minimum absolute atomic E-state index is 0.113. The van der Waals surface area contributed by atoms with Crippen molar-refractivity contribution in [2.75, 3.05) is 20.8 Å². The van der Waals surface area contributed by atoms with Gasteiger partial charge in [-0.1, -0.05) is 50.2 Å². The lowest BCUT2D eigenvalue weighted by atomic mass is 9.75. The van der Waals surface area contributed by atoms with Gasteiger partial charge in [0.25, 0.3) is 0 Å². The van der Waals surface area contributed by atoms with Gasteiger partial charge >= 0.3 is 5.97 Å². The third-order valence-electron chi connectivity index (χ3n) is 7.03. The van der Waals surface area contributed by atoms with Gasteiger partial charge < -0.3 is 9.47 Å². The van der Waals surface area contributed by atoms with E-state index >= 15 is 0 Å². The summed E-state index contributed by atoms with van der Waals surface area (Å²) in [5.74, 6) is -1.57. The lowest BCUT2D eigenvalue weighted by molar-refractivity contribution is -0.155. The van der Waals surface area contributed by atoms with Crippen molar-refractivity contribution in [2.45, 2.75) is 38.8 Å². The molecule has 2 aromatic carbocycles. The fourth-order valence-electron chi connectivity index (χ4n) is 5.61. The Balaban J connectivity index is 1.74. The molecule has 0 radical (unpaired) electrons. The van der Waals surface area contributed by atoms with Gasteiger partial charge in [-0.3, -0.25) is 24.6 Å². The second-order valence-corrected chi connectivity index (χ2v) is 9.46. The van der Waals surface area contributed by atoms with Crippen molar-refractivity contribution in [3.8, 4) is 16.9 Å². The fraction of sp³-hybridized carbons (Fsp3) is 0.444. The predicted octanol–water partition coefficient (Wildman–Crippen LogP) is 3.59. The normalized spacial score (nSPS) is 26.2. The number of fused-ring (bicyclic) bond motifs is 1. The van der Waals surface area contributed by atoms with E-state index in [0.717, 1.165) is 22.4 Å². The van der Waals surface area contributed by atoms with Crippen molar-refractivity contribution in [1.82, 2.24) is 10.2 Å². The summed E-state index contributed by atoms with van der Waals surface area (Å²) < 4.78 is 10.4. The van der Waals surface area contributed by atoms with Crippen LogP contribution in [0.3, 0.4) is 0 Å². The van der Waals surface area contributed by atoms with Crippen molar-refractivity contribution < 1.29 is 23.9 Å². The molecule has 2 heterocycles. The van der Waals surface area contributed by atoms with Gasteiger partial charge in [-0.2, -0.15) is 0 Å². The summed E-state index contributed by atoms with van der Waals surface area (Å²) >= 11 is 0. The zero-order valence-corrected chi connectivity index (χ0v) is 20.3. The Morgan fingerprint density at radius 2 is 1.59 bits per heavy atom. The molecule has 0 bridgehead atoms. The first-order chi connectivity index (χ1) is 16.3. The van der Waals surface area contributed by atoms with E-state index in [0.29, 0.717) is 6.42 Å². The van der Waals surface area contributed by atoms with Crippen LogP contribution in [0.5, 0.6) is 5.75 Å². The van der Waals surface area contributed by atoms with Gasteiger partial charge in [-0.05, 0) is 48.1 Å². The highest BCUT2D eigenvalue weighted by molar-refractivity contribution is 6.09. The molecule has 0 spiro atoms. The fourth-order valence-corrected chi connectivity index (χ4v) is 5.61. The molecule has 0 aliphatic carbocycles. The lowest BCUT2D eigenvalue weighted by Gasteiger charge is -2.33. The number of likely N-dealkylation sites (tertiary alicyclic amines) is 1. The second kappa shape index (κ2) is 9.22. The van der Waals surface area contributed by atoms with Crippen LogP contribution in [-0.2, 0) is 19.1 Å². The SMILES string of the molecule is CCN1C(=O)C2C(c3ccc(-c4ccc(OC)cc4)cc3)N[C@@](CC(C)C)(C(=O)OC)C2C1=O. The van der Waals surface area contributed by atoms with Crippen molar-refractivity contribution in [3.05, 3.63) is 54.1 Å². The molecule has 2 aromatic rings. The van der Waals surface area contributed by atoms with Crippen LogP contribution >= 0.6 is 0 Å². The smallest absolute Gasteiger partial charge is 0.326 e. The molecule has 2 aliphatic rings. The number of amides is 2. The zero-order chi connectivity index (χ0) is 24.6. The van der Waals surface area contributed by atoms with Crippen LogP contribution in [0.4, 0.5) is 0 Å². The third-order valence-corrected chi connectivity index (χ3v) is 7.03. The molecule has 34 heavy (non-hydrogen) atoms. The van der Waals surface area contributed by atoms with Crippen molar-refractivity contribution in [2.24, 2.45) is 17.8 Å². The second-order valence-electron chi connectivity index (χ2n) is 9.46. The molecule has 4 rings (SSSR count). The lowest BCUT2D eigenvalue weighted by Crippen LogP contribution is -2.57. The molecule has 2 amide bonds. The topological polar surface area (TPSA) is 84.9 Å². The van der Waals surface area contributed by atoms with E-state index in [9.17, 15) is 14.4 Å². The van der Waals surface area contributed by atoms with E-state index in [2.05, 4.69) is 5.32 Å². The highest BCUT2D eigenvalue weighted by Crippen LogP contribution is 2.51. The molecule has 0 saturated carbocycles. The van der Waals surface area contributed by atoms with Crippen LogP contribution in [-0.4, -0.2) is 49.0 Å². The first kappa shape index (κ1) is 24.0. The first-order valence-electron chi connectivity index (χ1n) is 11.7. The van der Waals surface area contributed by atoms with E-state index in [-0.39, 0.29) is 24.3 Å². The van der Waals surface area contributed by atoms with E-state index in [1.807, 2.05) is 62.4 Å². The van der Waals surface area contributed by atoms with E-state index < -0.39 is 29.4 Å². The number of nitrogens with one attached hydrogen (secondary N) is 1. The minimum atomic E-state index is -1.25. The van der Waals surface area contributed by atoms with Gasteiger partial charge in [0.2, 0.25) is 11.8 Å². The monoisotopic (exact) mass is 464 g/mol. The standard InChI is InChI=1S/C27H32N2O5/c1-6-29-24(30)21-22(25(29)31)27(15-16(2)3,26(32)34-5)28-23(21)19-9-7-17(8-10-19)18-11-13-20(33-4)14-12-18/h7-14,16,21-23,28H,6,15H2,1-5H3/t21?,22?,23?,27-/m1/s1. The maximum atomic E-state index is 13.4. The van der Waals surface area contributed by atoms with Crippen LogP contribution < -0.4 is 10.1 Å². The maximum absolute atomic E-state index is 13.4. The highest BCUT2D eigenvalue weighted by Gasteiger charge is 2.68. The van der Waals surface area contributed by atoms with Gasteiger partial charge in [0.1, 0.15) is 11.3 Å². The van der Waals surface area contributed by atoms with Gasteiger partial charge in [0.15, 0.2) is 0 Å². The van der Waals surface area contributed by atoms with Crippen LogP contribution in [0.25, 0.3) is 11.1 Å². The minimum Gasteiger partial charge on any atom is -0.497 e. The summed E-state index contributed by atoms with van der Waals surface area (Å²) in [5, 5.41) is 3.43. The van der Waals surface area contributed by atoms with Crippen LogP contribution in [0.15, 0.2) is 48.5 Å². The quantitative estimate of drug-likeness (QED) is 0.498. The summed E-state index contributed by atoms with van der Waals surface area (Å²) in [6.45, 7) is 6.06. The molecule has 2 saturated heterocycles. The van der Waals surface area contributed by atoms with Crippen molar-refractivity contribution in [1.29, 1.82) is 0 Å². The van der Waals surface area contributed by atoms with E-state index in [4.69, 9.17) is 9.47 Å². The Morgan fingerprint density at radius 3 is 2.09 bits per heavy atom. The summed E-state index contributed by atoms with van der Waals surface area (Å²) in [5.41, 5.74) is 1.67. The summed E-state index contributed by atoms with van der Waals surface area (Å²) in [7, 11) is 2.96. The Hall–Kier alpha value is -3.19.